The number of nitrogens with zero attached hydrogens (tertiary/aromatic N) is 6. The second kappa shape index (κ2) is 8.55. The Kier molecular flexibility index (Phi) is 5.48. The minimum atomic E-state index is -0.0362. The van der Waals surface area contributed by atoms with Crippen LogP contribution in [0.15, 0.2) is 36.7 Å². The van der Waals surface area contributed by atoms with E-state index in [0.29, 0.717) is 13.2 Å². The fourth-order valence-electron chi connectivity index (χ4n) is 4.02. The molecule has 1 aromatic carbocycles. The van der Waals surface area contributed by atoms with Gasteiger partial charge in [-0.1, -0.05) is 0 Å². The van der Waals surface area contributed by atoms with Gasteiger partial charge in [0.05, 0.1) is 31.7 Å². The summed E-state index contributed by atoms with van der Waals surface area (Å²) in [7, 11) is 1.67. The predicted octanol–water partition coefficient (Wildman–Crippen LogP) is 1.68. The Bertz CT molecular complexity index is 978. The molecule has 0 unspecified atom stereocenters. The molecule has 9 nitrogen and oxygen atoms in total. The number of fused-ring (bicyclic) bond motifs is 1. The molecule has 3 aromatic rings. The summed E-state index contributed by atoms with van der Waals surface area (Å²) in [4.78, 5) is 4.84. The largest absolute Gasteiger partial charge is 0.497 e. The third-order valence-corrected chi connectivity index (χ3v) is 5.72. The van der Waals surface area contributed by atoms with E-state index in [-0.39, 0.29) is 6.29 Å². The lowest BCUT2D eigenvalue weighted by atomic mass is 10.1. The Morgan fingerprint density at radius 2 is 1.83 bits per heavy atom. The van der Waals surface area contributed by atoms with Gasteiger partial charge in [-0.3, -0.25) is 4.90 Å². The number of hydrogen-bond acceptors (Lipinski definition) is 8. The van der Waals surface area contributed by atoms with Crippen LogP contribution in [0.1, 0.15) is 6.42 Å². The number of piperazine rings is 1. The molecule has 0 spiro atoms. The van der Waals surface area contributed by atoms with Crippen LogP contribution in [0.3, 0.4) is 0 Å². The quantitative estimate of drug-likeness (QED) is 0.608. The molecule has 2 saturated heterocycles. The van der Waals surface area contributed by atoms with Crippen molar-refractivity contribution in [3.8, 4) is 17.0 Å². The standard InChI is InChI=1S/C21H26N6O3/c1-28-17-4-2-16(3-5-17)18-14-19(21-23-22-15-27(21)24-18)26-10-8-25(9-11-26)7-6-20-29-12-13-30-20/h2-5,14-15,20H,6-13H2,1H3. The fourth-order valence-corrected chi connectivity index (χ4v) is 4.02. The molecule has 0 amide bonds. The lowest BCUT2D eigenvalue weighted by Crippen LogP contribution is -2.47. The zero-order chi connectivity index (χ0) is 20.3. The molecule has 4 heterocycles. The summed E-state index contributed by atoms with van der Waals surface area (Å²) >= 11 is 0. The number of benzene rings is 1. The summed E-state index contributed by atoms with van der Waals surface area (Å²) in [6, 6.07) is 10.0. The van der Waals surface area contributed by atoms with Crippen molar-refractivity contribution in [1.82, 2.24) is 24.7 Å². The molecule has 0 radical (unpaired) electrons. The predicted molar refractivity (Wildman–Crippen MR) is 112 cm³/mol. The van der Waals surface area contributed by atoms with Crippen molar-refractivity contribution >= 4 is 11.3 Å². The molecule has 2 aliphatic rings. The number of methoxy groups -OCH3 is 1. The van der Waals surface area contributed by atoms with Gasteiger partial charge < -0.3 is 19.1 Å². The molecule has 2 aliphatic heterocycles. The first-order valence-electron chi connectivity index (χ1n) is 10.4. The van der Waals surface area contributed by atoms with Gasteiger partial charge in [-0.25, -0.2) is 0 Å². The Labute approximate surface area is 175 Å². The summed E-state index contributed by atoms with van der Waals surface area (Å²) in [5.74, 6) is 0.828. The molecule has 158 valence electrons. The van der Waals surface area contributed by atoms with E-state index < -0.39 is 0 Å². The summed E-state index contributed by atoms with van der Waals surface area (Å²) in [5, 5.41) is 13.1. The second-order valence-corrected chi connectivity index (χ2v) is 7.53. The highest BCUT2D eigenvalue weighted by atomic mass is 16.7. The highest BCUT2D eigenvalue weighted by Crippen LogP contribution is 2.28. The Balaban J connectivity index is 1.32. The van der Waals surface area contributed by atoms with Crippen molar-refractivity contribution in [1.29, 1.82) is 0 Å². The normalized spacial score (nSPS) is 18.4. The molecule has 9 heteroatoms. The van der Waals surface area contributed by atoms with Crippen LogP contribution in [-0.2, 0) is 9.47 Å². The van der Waals surface area contributed by atoms with E-state index in [4.69, 9.17) is 19.3 Å². The number of ether oxygens (including phenoxy) is 3. The molecular formula is C21H26N6O3. The molecule has 0 aliphatic carbocycles. The van der Waals surface area contributed by atoms with E-state index in [9.17, 15) is 0 Å². The minimum Gasteiger partial charge on any atom is -0.497 e. The van der Waals surface area contributed by atoms with Crippen LogP contribution in [0, 0.1) is 0 Å². The molecule has 0 N–H and O–H groups in total. The fraction of sp³-hybridized carbons (Fsp3) is 0.476. The monoisotopic (exact) mass is 410 g/mol. The summed E-state index contributed by atoms with van der Waals surface area (Å²) in [6.07, 6.45) is 2.54. The highest BCUT2D eigenvalue weighted by Gasteiger charge is 2.23. The molecule has 2 fully saturated rings. The van der Waals surface area contributed by atoms with Crippen LogP contribution in [0.4, 0.5) is 5.69 Å². The van der Waals surface area contributed by atoms with Gasteiger partial charge >= 0.3 is 0 Å². The van der Waals surface area contributed by atoms with Gasteiger partial charge in [0.25, 0.3) is 0 Å². The van der Waals surface area contributed by atoms with Crippen molar-refractivity contribution in [2.24, 2.45) is 0 Å². The smallest absolute Gasteiger partial charge is 0.200 e. The summed E-state index contributed by atoms with van der Waals surface area (Å²) < 4.78 is 18.1. The zero-order valence-electron chi connectivity index (χ0n) is 17.1. The number of aromatic nitrogens is 4. The maximum atomic E-state index is 5.55. The van der Waals surface area contributed by atoms with Gasteiger partial charge in [0.15, 0.2) is 6.29 Å². The van der Waals surface area contributed by atoms with Crippen LogP contribution in [0.5, 0.6) is 5.75 Å². The SMILES string of the molecule is COc1ccc(-c2cc(N3CCN(CCC4OCCO4)CC3)c3nncn3n2)cc1. The van der Waals surface area contributed by atoms with E-state index in [1.165, 1.54) is 0 Å². The van der Waals surface area contributed by atoms with Crippen molar-refractivity contribution < 1.29 is 14.2 Å². The van der Waals surface area contributed by atoms with Crippen molar-refractivity contribution in [3.63, 3.8) is 0 Å². The minimum absolute atomic E-state index is 0.0362. The van der Waals surface area contributed by atoms with Gasteiger partial charge in [0.2, 0.25) is 5.65 Å². The maximum absolute atomic E-state index is 5.55. The first kappa shape index (κ1) is 19.2. The van der Waals surface area contributed by atoms with E-state index in [1.807, 2.05) is 24.3 Å². The number of anilines is 1. The van der Waals surface area contributed by atoms with Gasteiger partial charge in [0, 0.05) is 44.7 Å². The summed E-state index contributed by atoms with van der Waals surface area (Å²) in [5.41, 5.74) is 3.77. The van der Waals surface area contributed by atoms with E-state index in [1.54, 1.807) is 18.0 Å². The van der Waals surface area contributed by atoms with Crippen molar-refractivity contribution in [2.45, 2.75) is 12.7 Å². The Hall–Kier alpha value is -2.75. The first-order valence-corrected chi connectivity index (χ1v) is 10.4. The van der Waals surface area contributed by atoms with Gasteiger partial charge in [0.1, 0.15) is 12.1 Å². The Morgan fingerprint density at radius 1 is 1.07 bits per heavy atom. The average molecular weight is 410 g/mol. The van der Waals surface area contributed by atoms with E-state index >= 15 is 0 Å². The van der Waals surface area contributed by atoms with Crippen LogP contribution in [0.2, 0.25) is 0 Å². The van der Waals surface area contributed by atoms with Crippen LogP contribution < -0.4 is 9.64 Å². The van der Waals surface area contributed by atoms with Crippen LogP contribution in [0.25, 0.3) is 16.9 Å². The Morgan fingerprint density at radius 3 is 2.57 bits per heavy atom. The lowest BCUT2D eigenvalue weighted by molar-refractivity contribution is -0.0516. The van der Waals surface area contributed by atoms with Crippen LogP contribution in [-0.4, -0.2) is 84.0 Å². The average Bonchev–Trinajstić information content (AvgIpc) is 3.49. The molecule has 30 heavy (non-hydrogen) atoms. The van der Waals surface area contributed by atoms with E-state index in [2.05, 4.69) is 26.1 Å². The van der Waals surface area contributed by atoms with Gasteiger partial charge in [-0.15, -0.1) is 10.2 Å². The molecule has 0 saturated carbocycles. The zero-order valence-corrected chi connectivity index (χ0v) is 17.1. The lowest BCUT2D eigenvalue weighted by Gasteiger charge is -2.36. The third-order valence-electron chi connectivity index (χ3n) is 5.72. The van der Waals surface area contributed by atoms with Crippen molar-refractivity contribution in [2.75, 3.05) is 57.9 Å². The molecule has 5 rings (SSSR count). The maximum Gasteiger partial charge on any atom is 0.200 e. The topological polar surface area (TPSA) is 77.2 Å². The third kappa shape index (κ3) is 3.96. The summed E-state index contributed by atoms with van der Waals surface area (Å²) in [6.45, 7) is 6.27. The van der Waals surface area contributed by atoms with Crippen LogP contribution >= 0.6 is 0 Å². The van der Waals surface area contributed by atoms with Gasteiger partial charge in [-0.05, 0) is 30.3 Å². The molecule has 2 aromatic heterocycles. The second-order valence-electron chi connectivity index (χ2n) is 7.53. The highest BCUT2D eigenvalue weighted by molar-refractivity contribution is 5.74. The number of hydrogen-bond donors (Lipinski definition) is 0. The van der Waals surface area contributed by atoms with Crippen molar-refractivity contribution in [3.05, 3.63) is 36.7 Å². The molecule has 0 atom stereocenters. The molecule has 0 bridgehead atoms. The first-order chi connectivity index (χ1) is 14.8. The van der Waals surface area contributed by atoms with Gasteiger partial charge in [-0.2, -0.15) is 9.61 Å². The van der Waals surface area contributed by atoms with E-state index in [0.717, 1.165) is 67.5 Å². The number of rotatable bonds is 6. The molecular weight excluding hydrogens is 384 g/mol.